The first-order valence-electron chi connectivity index (χ1n) is 3.85. The number of carbonyl (C=O) groups is 3. The maximum atomic E-state index is 10.8. The molecule has 0 aliphatic carbocycles. The molecule has 0 saturated heterocycles. The monoisotopic (exact) mass is 203 g/mol. The van der Waals surface area contributed by atoms with Crippen LogP contribution in [0.5, 0.6) is 0 Å². The Morgan fingerprint density at radius 1 is 1.00 bits per heavy atom. The predicted octanol–water partition coefficient (Wildman–Crippen LogP) is -2.56. The van der Waals surface area contributed by atoms with Crippen LogP contribution in [0.25, 0.3) is 0 Å². The summed E-state index contributed by atoms with van der Waals surface area (Å²) in [6, 6.07) is -1.53. The zero-order valence-electron chi connectivity index (χ0n) is 7.50. The topological polar surface area (TPSA) is 139 Å². The second-order valence-corrected chi connectivity index (χ2v) is 2.38. The summed E-state index contributed by atoms with van der Waals surface area (Å²) < 4.78 is 0. The Hall–Kier alpha value is -1.83. The minimum atomic E-state index is -0.896. The Labute approximate surface area is 80.4 Å². The highest BCUT2D eigenvalue weighted by molar-refractivity contribution is 5.94. The Morgan fingerprint density at radius 2 is 1.64 bits per heavy atom. The SMILES string of the molecule is NC(=O)NCCNCC(=O)NC(N)=O. The van der Waals surface area contributed by atoms with Crippen LogP contribution in [-0.2, 0) is 4.79 Å². The third-order valence-electron chi connectivity index (χ3n) is 1.15. The van der Waals surface area contributed by atoms with Gasteiger partial charge in [0.2, 0.25) is 5.91 Å². The summed E-state index contributed by atoms with van der Waals surface area (Å²) in [5.41, 5.74) is 9.47. The van der Waals surface area contributed by atoms with Gasteiger partial charge in [0, 0.05) is 13.1 Å². The van der Waals surface area contributed by atoms with Gasteiger partial charge in [0.15, 0.2) is 0 Å². The molecule has 0 heterocycles. The molecule has 14 heavy (non-hydrogen) atoms. The molecule has 0 aromatic carbocycles. The lowest BCUT2D eigenvalue weighted by Crippen LogP contribution is -2.42. The minimum Gasteiger partial charge on any atom is -0.352 e. The second-order valence-electron chi connectivity index (χ2n) is 2.38. The molecular weight excluding hydrogens is 190 g/mol. The summed E-state index contributed by atoms with van der Waals surface area (Å²) in [5.74, 6) is -0.531. The number of urea groups is 2. The van der Waals surface area contributed by atoms with Gasteiger partial charge >= 0.3 is 12.1 Å². The summed E-state index contributed by atoms with van der Waals surface area (Å²) in [6.45, 7) is 0.623. The fourth-order valence-electron chi connectivity index (χ4n) is 0.658. The van der Waals surface area contributed by atoms with E-state index < -0.39 is 18.0 Å². The molecule has 0 unspecified atom stereocenters. The van der Waals surface area contributed by atoms with Crippen LogP contribution in [0.1, 0.15) is 0 Å². The first kappa shape index (κ1) is 12.2. The molecule has 8 nitrogen and oxygen atoms in total. The molecule has 5 amide bonds. The lowest BCUT2D eigenvalue weighted by atomic mass is 10.5. The number of hydrogen-bond donors (Lipinski definition) is 5. The number of hydrogen-bond acceptors (Lipinski definition) is 4. The number of nitrogens with one attached hydrogen (secondary N) is 3. The van der Waals surface area contributed by atoms with Gasteiger partial charge in [0.1, 0.15) is 0 Å². The van der Waals surface area contributed by atoms with Crippen LogP contribution in [-0.4, -0.2) is 37.6 Å². The number of rotatable bonds is 5. The van der Waals surface area contributed by atoms with Crippen LogP contribution in [0.15, 0.2) is 0 Å². The highest BCUT2D eigenvalue weighted by Crippen LogP contribution is 1.64. The summed E-state index contributed by atoms with van der Waals surface area (Å²) in [5, 5.41) is 6.84. The molecule has 8 heteroatoms. The normalized spacial score (nSPS) is 9.14. The van der Waals surface area contributed by atoms with Gasteiger partial charge in [-0.25, -0.2) is 9.59 Å². The standard InChI is InChI=1S/C6H13N5O3/c7-5(13)10-2-1-9-3-4(12)11-6(8)14/h9H,1-3H2,(H3,7,10,13)(H3,8,11,12,14). The average molecular weight is 203 g/mol. The number of carbonyl (C=O) groups excluding carboxylic acids is 3. The lowest BCUT2D eigenvalue weighted by molar-refractivity contribution is -0.119. The van der Waals surface area contributed by atoms with Crippen LogP contribution in [0.3, 0.4) is 0 Å². The van der Waals surface area contributed by atoms with E-state index in [1.807, 2.05) is 5.32 Å². The maximum absolute atomic E-state index is 10.8. The Morgan fingerprint density at radius 3 is 2.14 bits per heavy atom. The zero-order chi connectivity index (χ0) is 11.0. The molecule has 0 radical (unpaired) electrons. The van der Waals surface area contributed by atoms with Crippen molar-refractivity contribution in [1.82, 2.24) is 16.0 Å². The molecule has 0 aliphatic rings. The van der Waals surface area contributed by atoms with Gasteiger partial charge in [-0.05, 0) is 0 Å². The van der Waals surface area contributed by atoms with Crippen molar-refractivity contribution in [2.75, 3.05) is 19.6 Å². The number of imide groups is 1. The smallest absolute Gasteiger partial charge is 0.318 e. The van der Waals surface area contributed by atoms with Crippen molar-refractivity contribution in [2.45, 2.75) is 0 Å². The highest BCUT2D eigenvalue weighted by Gasteiger charge is 2.02. The van der Waals surface area contributed by atoms with Gasteiger partial charge in [-0.15, -0.1) is 0 Å². The number of primary amides is 2. The van der Waals surface area contributed by atoms with E-state index in [1.165, 1.54) is 0 Å². The van der Waals surface area contributed by atoms with Crippen LogP contribution in [0.4, 0.5) is 9.59 Å². The van der Waals surface area contributed by atoms with Crippen molar-refractivity contribution in [2.24, 2.45) is 11.5 Å². The molecule has 0 saturated carbocycles. The molecule has 0 aromatic heterocycles. The van der Waals surface area contributed by atoms with Crippen LogP contribution in [0.2, 0.25) is 0 Å². The van der Waals surface area contributed by atoms with E-state index in [-0.39, 0.29) is 6.54 Å². The van der Waals surface area contributed by atoms with E-state index in [1.54, 1.807) is 0 Å². The molecule has 0 atom stereocenters. The Kier molecular flexibility index (Phi) is 5.79. The summed E-state index contributed by atoms with van der Waals surface area (Å²) >= 11 is 0. The Balaban J connectivity index is 3.32. The van der Waals surface area contributed by atoms with Crippen molar-refractivity contribution >= 4 is 18.0 Å². The van der Waals surface area contributed by atoms with Gasteiger partial charge in [-0.2, -0.15) is 0 Å². The summed E-state index contributed by atoms with van der Waals surface area (Å²) in [6.07, 6.45) is 0. The molecular formula is C6H13N5O3. The third kappa shape index (κ3) is 8.27. The molecule has 0 spiro atoms. The number of nitrogens with two attached hydrogens (primary N) is 2. The second kappa shape index (κ2) is 6.66. The van der Waals surface area contributed by atoms with Crippen LogP contribution >= 0.6 is 0 Å². The van der Waals surface area contributed by atoms with E-state index in [0.29, 0.717) is 13.1 Å². The maximum Gasteiger partial charge on any atom is 0.318 e. The lowest BCUT2D eigenvalue weighted by Gasteiger charge is -2.04. The third-order valence-corrected chi connectivity index (χ3v) is 1.15. The molecule has 0 rings (SSSR count). The molecule has 80 valence electrons. The highest BCUT2D eigenvalue weighted by atomic mass is 16.2. The number of amides is 5. The molecule has 0 bridgehead atoms. The largest absolute Gasteiger partial charge is 0.352 e. The fourth-order valence-corrected chi connectivity index (χ4v) is 0.658. The van der Waals surface area contributed by atoms with Crippen molar-refractivity contribution in [1.29, 1.82) is 0 Å². The average Bonchev–Trinajstić information content (AvgIpc) is 2.01. The van der Waals surface area contributed by atoms with Crippen LogP contribution in [0, 0.1) is 0 Å². The van der Waals surface area contributed by atoms with E-state index in [2.05, 4.69) is 10.6 Å². The van der Waals surface area contributed by atoms with Crippen LogP contribution < -0.4 is 27.4 Å². The van der Waals surface area contributed by atoms with Gasteiger partial charge in [-0.1, -0.05) is 0 Å². The van der Waals surface area contributed by atoms with E-state index in [9.17, 15) is 14.4 Å². The molecule has 0 aliphatic heterocycles. The first-order valence-corrected chi connectivity index (χ1v) is 3.85. The molecule has 0 fully saturated rings. The van der Waals surface area contributed by atoms with Crippen molar-refractivity contribution in [3.05, 3.63) is 0 Å². The van der Waals surface area contributed by atoms with Gasteiger partial charge in [0.25, 0.3) is 0 Å². The summed E-state index contributed by atoms with van der Waals surface area (Å²) in [7, 11) is 0. The van der Waals surface area contributed by atoms with Gasteiger partial charge < -0.3 is 22.1 Å². The van der Waals surface area contributed by atoms with Crippen molar-refractivity contribution in [3.63, 3.8) is 0 Å². The molecule has 7 N–H and O–H groups in total. The van der Waals surface area contributed by atoms with Crippen molar-refractivity contribution < 1.29 is 14.4 Å². The van der Waals surface area contributed by atoms with Gasteiger partial charge in [0.05, 0.1) is 6.54 Å². The zero-order valence-corrected chi connectivity index (χ0v) is 7.50. The fraction of sp³-hybridized carbons (Fsp3) is 0.500. The van der Waals surface area contributed by atoms with E-state index >= 15 is 0 Å². The molecule has 0 aromatic rings. The first-order chi connectivity index (χ1) is 6.52. The predicted molar refractivity (Wildman–Crippen MR) is 48.2 cm³/mol. The quantitative estimate of drug-likeness (QED) is 0.313. The van der Waals surface area contributed by atoms with E-state index in [4.69, 9.17) is 11.5 Å². The summed E-state index contributed by atoms with van der Waals surface area (Å²) in [4.78, 5) is 31.1. The Bertz CT molecular complexity index is 230. The minimum absolute atomic E-state index is 0.0522. The van der Waals surface area contributed by atoms with Gasteiger partial charge in [-0.3, -0.25) is 10.1 Å². The van der Waals surface area contributed by atoms with E-state index in [0.717, 1.165) is 0 Å². The van der Waals surface area contributed by atoms with Crippen molar-refractivity contribution in [3.8, 4) is 0 Å².